The molecule has 2 rings (SSSR count). The Morgan fingerprint density at radius 3 is 2.56 bits per heavy atom. The fourth-order valence-corrected chi connectivity index (χ4v) is 1.93. The van der Waals surface area contributed by atoms with Crippen LogP contribution >= 0.6 is 27.5 Å². The van der Waals surface area contributed by atoms with Gasteiger partial charge in [0.15, 0.2) is 5.76 Å². The summed E-state index contributed by atoms with van der Waals surface area (Å²) < 4.78 is 5.57. The Balaban J connectivity index is 2.25. The van der Waals surface area contributed by atoms with Gasteiger partial charge in [0.25, 0.3) is 0 Å². The minimum Gasteiger partial charge on any atom is -0.453 e. The van der Waals surface area contributed by atoms with Crippen LogP contribution in [0.5, 0.6) is 0 Å². The molecule has 0 N–H and O–H groups in total. The van der Waals surface area contributed by atoms with Crippen LogP contribution in [0.1, 0.15) is 23.9 Å². The molecule has 0 aliphatic carbocycles. The number of Topliss-reactive ketones (excluding diaryl/α,β-unsaturated/α-hetero) is 1. The van der Waals surface area contributed by atoms with E-state index in [0.717, 1.165) is 12.0 Å². The minimum absolute atomic E-state index is 0.0299. The summed E-state index contributed by atoms with van der Waals surface area (Å²) in [7, 11) is 0. The molecule has 0 aliphatic heterocycles. The van der Waals surface area contributed by atoms with E-state index in [9.17, 15) is 4.79 Å². The molecule has 18 heavy (non-hydrogen) atoms. The molecule has 0 fully saturated rings. The lowest BCUT2D eigenvalue weighted by molar-refractivity contribution is 0.0964. The zero-order valence-corrected chi connectivity index (χ0v) is 12.2. The molecular weight excluding hydrogens is 316 g/mol. The maximum absolute atomic E-state index is 11.9. The maximum atomic E-state index is 11.9. The Morgan fingerprint density at radius 1 is 1.28 bits per heavy atom. The van der Waals surface area contributed by atoms with E-state index in [0.29, 0.717) is 16.5 Å². The molecule has 0 radical (unpaired) electrons. The van der Waals surface area contributed by atoms with Crippen LogP contribution in [0.2, 0.25) is 5.02 Å². The molecule has 0 saturated carbocycles. The standard InChI is InChI=1S/C14H12BrClO2/c1-2-11(15)14(17)13-8-7-12(18-13)9-3-5-10(16)6-4-9/h3-8,11H,2H2,1H3. The summed E-state index contributed by atoms with van der Waals surface area (Å²) in [4.78, 5) is 11.7. The average Bonchev–Trinajstić information content (AvgIpc) is 2.87. The topological polar surface area (TPSA) is 30.2 Å². The van der Waals surface area contributed by atoms with E-state index in [2.05, 4.69) is 15.9 Å². The Bertz CT molecular complexity index is 545. The highest BCUT2D eigenvalue weighted by atomic mass is 79.9. The molecule has 2 nitrogen and oxygen atoms in total. The normalized spacial score (nSPS) is 12.4. The quantitative estimate of drug-likeness (QED) is 0.587. The largest absolute Gasteiger partial charge is 0.453 e. The highest BCUT2D eigenvalue weighted by Gasteiger charge is 2.18. The third kappa shape index (κ3) is 2.85. The number of alkyl halides is 1. The molecule has 1 atom stereocenters. The lowest BCUT2D eigenvalue weighted by Crippen LogP contribution is -2.11. The number of halogens is 2. The van der Waals surface area contributed by atoms with E-state index in [4.69, 9.17) is 16.0 Å². The predicted molar refractivity (Wildman–Crippen MR) is 76.5 cm³/mol. The average molecular weight is 328 g/mol. The molecule has 0 bridgehead atoms. The van der Waals surface area contributed by atoms with E-state index in [1.165, 1.54) is 0 Å². The lowest BCUT2D eigenvalue weighted by atomic mass is 10.2. The lowest BCUT2D eigenvalue weighted by Gasteiger charge is -2.02. The monoisotopic (exact) mass is 326 g/mol. The van der Waals surface area contributed by atoms with Gasteiger partial charge in [0.2, 0.25) is 5.78 Å². The molecule has 2 aromatic rings. The van der Waals surface area contributed by atoms with Gasteiger partial charge in [-0.15, -0.1) is 0 Å². The first-order valence-electron chi connectivity index (χ1n) is 5.66. The summed E-state index contributed by atoms with van der Waals surface area (Å²) in [5, 5.41) is 0.674. The van der Waals surface area contributed by atoms with Crippen LogP contribution in [-0.2, 0) is 0 Å². The molecule has 0 spiro atoms. The number of ketones is 1. The Morgan fingerprint density at radius 2 is 1.94 bits per heavy atom. The van der Waals surface area contributed by atoms with E-state index in [1.54, 1.807) is 24.3 Å². The molecule has 1 aromatic carbocycles. The molecule has 94 valence electrons. The molecular formula is C14H12BrClO2. The molecule has 1 heterocycles. The van der Waals surface area contributed by atoms with Gasteiger partial charge in [0.1, 0.15) is 5.76 Å². The van der Waals surface area contributed by atoms with Crippen LogP contribution in [0.4, 0.5) is 0 Å². The summed E-state index contributed by atoms with van der Waals surface area (Å²) in [6.07, 6.45) is 0.732. The molecule has 1 unspecified atom stereocenters. The number of furan rings is 1. The van der Waals surface area contributed by atoms with Crippen LogP contribution in [0.25, 0.3) is 11.3 Å². The van der Waals surface area contributed by atoms with Gasteiger partial charge < -0.3 is 4.42 Å². The highest BCUT2D eigenvalue weighted by molar-refractivity contribution is 9.10. The summed E-state index contributed by atoms with van der Waals surface area (Å²) in [5.74, 6) is 1.02. The number of rotatable bonds is 4. The van der Waals surface area contributed by atoms with Gasteiger partial charge in [0, 0.05) is 10.6 Å². The zero-order chi connectivity index (χ0) is 13.1. The van der Waals surface area contributed by atoms with Crippen molar-refractivity contribution in [3.05, 3.63) is 47.2 Å². The van der Waals surface area contributed by atoms with Gasteiger partial charge in [0.05, 0.1) is 4.83 Å². The van der Waals surface area contributed by atoms with Crippen LogP contribution in [0.15, 0.2) is 40.8 Å². The van der Waals surface area contributed by atoms with Gasteiger partial charge >= 0.3 is 0 Å². The number of benzene rings is 1. The first-order valence-corrected chi connectivity index (χ1v) is 6.95. The van der Waals surface area contributed by atoms with E-state index in [-0.39, 0.29) is 10.6 Å². The van der Waals surface area contributed by atoms with Crippen molar-refractivity contribution in [2.75, 3.05) is 0 Å². The smallest absolute Gasteiger partial charge is 0.211 e. The SMILES string of the molecule is CCC(Br)C(=O)c1ccc(-c2ccc(Cl)cc2)o1. The first-order chi connectivity index (χ1) is 8.61. The van der Waals surface area contributed by atoms with Crippen molar-refractivity contribution >= 4 is 33.3 Å². The van der Waals surface area contributed by atoms with Crippen molar-refractivity contribution in [2.45, 2.75) is 18.2 Å². The number of carbonyl (C=O) groups excluding carboxylic acids is 1. The second kappa shape index (κ2) is 5.72. The van der Waals surface area contributed by atoms with Crippen molar-refractivity contribution in [2.24, 2.45) is 0 Å². The van der Waals surface area contributed by atoms with Crippen LogP contribution < -0.4 is 0 Å². The maximum Gasteiger partial charge on any atom is 0.211 e. The fourth-order valence-electron chi connectivity index (χ4n) is 1.58. The molecule has 4 heteroatoms. The van der Waals surface area contributed by atoms with Crippen LogP contribution in [-0.4, -0.2) is 10.6 Å². The summed E-state index contributed by atoms with van der Waals surface area (Å²) >= 11 is 9.15. The zero-order valence-electron chi connectivity index (χ0n) is 9.82. The van der Waals surface area contributed by atoms with E-state index < -0.39 is 0 Å². The molecule has 0 amide bonds. The Labute approximate surface area is 119 Å². The minimum atomic E-state index is -0.193. The molecule has 0 aliphatic rings. The summed E-state index contributed by atoms with van der Waals surface area (Å²) in [6.45, 7) is 1.94. The Hall–Kier alpha value is -1.06. The van der Waals surface area contributed by atoms with Crippen molar-refractivity contribution in [1.29, 1.82) is 0 Å². The molecule has 1 aromatic heterocycles. The number of hydrogen-bond donors (Lipinski definition) is 0. The van der Waals surface area contributed by atoms with Gasteiger partial charge in [-0.2, -0.15) is 0 Å². The second-order valence-corrected chi connectivity index (χ2v) is 5.45. The van der Waals surface area contributed by atoms with E-state index in [1.807, 2.05) is 19.1 Å². The fraction of sp³-hybridized carbons (Fsp3) is 0.214. The van der Waals surface area contributed by atoms with Crippen molar-refractivity contribution in [1.82, 2.24) is 0 Å². The van der Waals surface area contributed by atoms with Crippen molar-refractivity contribution in [3.63, 3.8) is 0 Å². The summed E-state index contributed by atoms with van der Waals surface area (Å²) in [6, 6.07) is 10.8. The third-order valence-corrected chi connectivity index (χ3v) is 3.94. The highest BCUT2D eigenvalue weighted by Crippen LogP contribution is 2.25. The number of carbonyl (C=O) groups is 1. The van der Waals surface area contributed by atoms with Crippen molar-refractivity contribution in [3.8, 4) is 11.3 Å². The summed E-state index contributed by atoms with van der Waals surface area (Å²) in [5.41, 5.74) is 0.904. The Kier molecular flexibility index (Phi) is 4.25. The van der Waals surface area contributed by atoms with Gasteiger partial charge in [-0.1, -0.05) is 34.5 Å². The molecule has 0 saturated heterocycles. The third-order valence-electron chi connectivity index (χ3n) is 2.62. The van der Waals surface area contributed by atoms with Crippen molar-refractivity contribution < 1.29 is 9.21 Å². The van der Waals surface area contributed by atoms with Crippen LogP contribution in [0.3, 0.4) is 0 Å². The number of hydrogen-bond acceptors (Lipinski definition) is 2. The van der Waals surface area contributed by atoms with E-state index >= 15 is 0 Å². The second-order valence-electron chi connectivity index (χ2n) is 3.91. The first kappa shape index (κ1) is 13.4. The van der Waals surface area contributed by atoms with Gasteiger partial charge in [-0.25, -0.2) is 0 Å². The van der Waals surface area contributed by atoms with Gasteiger partial charge in [-0.3, -0.25) is 4.79 Å². The van der Waals surface area contributed by atoms with Crippen LogP contribution in [0, 0.1) is 0 Å². The van der Waals surface area contributed by atoms with Gasteiger partial charge in [-0.05, 0) is 42.8 Å². The predicted octanol–water partition coefficient (Wildman–Crippen LogP) is 4.96.